The van der Waals surface area contributed by atoms with Gasteiger partial charge in [0.25, 0.3) is 0 Å². The minimum absolute atomic E-state index is 0.0491. The van der Waals surface area contributed by atoms with Crippen molar-refractivity contribution in [3.8, 4) is 0 Å². The van der Waals surface area contributed by atoms with Crippen molar-refractivity contribution in [2.45, 2.75) is 120 Å². The highest BCUT2D eigenvalue weighted by Crippen LogP contribution is 2.50. The van der Waals surface area contributed by atoms with E-state index in [9.17, 15) is 23.6 Å². The number of likely N-dealkylation sites (tertiary alicyclic amines) is 2. The lowest BCUT2D eigenvalue weighted by atomic mass is 9.89. The van der Waals surface area contributed by atoms with E-state index in [1.54, 1.807) is 57.7 Å². The molecule has 0 saturated carbocycles. The number of halogens is 5. The molecule has 0 radical (unpaired) electrons. The lowest BCUT2D eigenvalue weighted by molar-refractivity contribution is -0.138. The quantitative estimate of drug-likeness (QED) is 0.0712. The molecule has 6 aromatic rings. The molecule has 4 fully saturated rings. The molecule has 0 bridgehead atoms. The predicted molar refractivity (Wildman–Crippen MR) is 285 cm³/mol. The van der Waals surface area contributed by atoms with Gasteiger partial charge in [-0.2, -0.15) is 0 Å². The molecule has 4 N–H and O–H groups in total. The van der Waals surface area contributed by atoms with E-state index in [1.807, 2.05) is 0 Å². The third-order valence-electron chi connectivity index (χ3n) is 16.6. The number of benzene rings is 4. The Labute approximate surface area is 458 Å². The van der Waals surface area contributed by atoms with Gasteiger partial charge in [-0.05, 0) is 113 Å². The van der Waals surface area contributed by atoms with Crippen molar-refractivity contribution in [3.05, 3.63) is 118 Å². The highest BCUT2D eigenvalue weighted by molar-refractivity contribution is 5.88. The van der Waals surface area contributed by atoms with E-state index in [-0.39, 0.29) is 58.1 Å². The molecular weight excluding hydrogens is 1050 g/mol. The molecule has 10 rings (SSSR count). The molecule has 0 aliphatic carbocycles. The van der Waals surface area contributed by atoms with Crippen LogP contribution in [0, 0.1) is 29.1 Å². The number of hydrogen-bond acceptors (Lipinski definition) is 12. The van der Waals surface area contributed by atoms with Crippen LogP contribution >= 0.6 is 0 Å². The fourth-order valence-electron chi connectivity index (χ4n) is 12.3. The maximum absolute atomic E-state index is 17.0. The van der Waals surface area contributed by atoms with Gasteiger partial charge in [-0.3, -0.25) is 9.59 Å². The number of amides is 4. The van der Waals surface area contributed by atoms with E-state index < -0.39 is 95.7 Å². The van der Waals surface area contributed by atoms with E-state index >= 15 is 17.6 Å². The summed E-state index contributed by atoms with van der Waals surface area (Å²) in [5.41, 5.74) is 2.44. The summed E-state index contributed by atoms with van der Waals surface area (Å²) < 4.78 is 102. The molecule has 6 heterocycles. The van der Waals surface area contributed by atoms with E-state index in [2.05, 4.69) is 20.6 Å². The first-order valence-electron chi connectivity index (χ1n) is 27.0. The van der Waals surface area contributed by atoms with Crippen LogP contribution in [0.4, 0.5) is 42.9 Å². The zero-order chi connectivity index (χ0) is 56.7. The molecule has 80 heavy (non-hydrogen) atoms. The summed E-state index contributed by atoms with van der Waals surface area (Å²) in [4.78, 5) is 75.3. The number of methoxy groups -OCH3 is 4. The molecule has 4 aliphatic rings. The van der Waals surface area contributed by atoms with Crippen LogP contribution in [0.1, 0.15) is 124 Å². The Bertz CT molecular complexity index is 3100. The van der Waals surface area contributed by atoms with Crippen molar-refractivity contribution in [1.82, 2.24) is 40.4 Å². The number of carbonyl (C=O) groups excluding carboxylic acids is 4. The number of alkyl carbamates (subject to hydrolysis) is 2. The van der Waals surface area contributed by atoms with Gasteiger partial charge in [0.05, 0.1) is 72.7 Å². The van der Waals surface area contributed by atoms with E-state index in [4.69, 9.17) is 28.9 Å². The highest BCUT2D eigenvalue weighted by Gasteiger charge is 2.43. The molecular formula is C57H65F5N10O8. The van der Waals surface area contributed by atoms with Gasteiger partial charge in [0, 0.05) is 69.3 Å². The summed E-state index contributed by atoms with van der Waals surface area (Å²) in [7, 11) is 5.23. The Morgan fingerprint density at radius 1 is 0.575 bits per heavy atom. The number of H-pyrrole nitrogens is 2. The molecule has 4 amide bonds. The average molecular weight is 1110 g/mol. The van der Waals surface area contributed by atoms with Crippen LogP contribution in [-0.2, 0) is 28.5 Å². The molecule has 18 nitrogen and oxygen atoms in total. The second-order valence-electron chi connectivity index (χ2n) is 21.1. The number of aromatic amines is 2. The maximum atomic E-state index is 17.0. The second-order valence-corrected chi connectivity index (χ2v) is 21.1. The molecule has 0 spiro atoms. The number of carbonyl (C=O) groups is 4. The summed E-state index contributed by atoms with van der Waals surface area (Å²) in [5, 5.41) is 5.14. The van der Waals surface area contributed by atoms with E-state index in [0.717, 1.165) is 5.56 Å². The largest absolute Gasteiger partial charge is 0.453 e. The fourth-order valence-corrected chi connectivity index (χ4v) is 12.3. The normalized spacial score (nSPS) is 21.3. The number of rotatable bonds is 15. The number of piperidine rings is 1. The molecule has 426 valence electrons. The van der Waals surface area contributed by atoms with Crippen LogP contribution in [0.25, 0.3) is 22.1 Å². The van der Waals surface area contributed by atoms with Gasteiger partial charge in [0.1, 0.15) is 46.9 Å². The molecule has 4 aromatic carbocycles. The second kappa shape index (κ2) is 23.3. The SMILES string of the molecule is COC(=O)NC(C(=O)N1CCC[C@H]1c1nc2cc(F)c([C@H]3CC[C@H](c4cc5[nH]c([C@@H]6CCCN6C(=O)[C@@H](NC(=O)OC)[C@@H](C)OC)nc5cc4F)N3c3cc(F)c(N4CCC(c5ccc(F)cc5)CC4)c(F)c3)cc2[nH]1)[C@@H](C)OC. The standard InChI is InChI=1S/C57H65F5N10O8/c1-29(77-3)49(67-56(75)79-5)54(73)70-19-7-9-47(70)52-63-41-25-35(37(59)27-43(41)65-52)45-15-16-46(72(45)34-23-39(61)51(40(62)24-34)69-21-17-32(18-22-69)31-11-13-33(58)14-12-31)36-26-42-44(28-38(36)60)66-53(64-42)48-10-8-20-71(48)55(74)50(30(2)78-4)68-57(76)80-6/h11-14,23-30,32,45-50H,7-10,15-22H2,1-6H3,(H,63,65)(H,64,66)(H,67,75)(H,68,76)/t29-,30-,45-,46-,47+,48+,49+,50?/m1/s1. The first-order chi connectivity index (χ1) is 38.5. The number of ether oxygens (including phenoxy) is 4. The van der Waals surface area contributed by atoms with Gasteiger partial charge in [0.2, 0.25) is 11.8 Å². The highest BCUT2D eigenvalue weighted by atomic mass is 19.1. The third-order valence-corrected chi connectivity index (χ3v) is 16.6. The zero-order valence-electron chi connectivity index (χ0n) is 45.3. The van der Waals surface area contributed by atoms with Gasteiger partial charge in [-0.1, -0.05) is 12.1 Å². The Balaban J connectivity index is 0.993. The Hall–Kier alpha value is -7.53. The van der Waals surface area contributed by atoms with Crippen LogP contribution < -0.4 is 20.4 Å². The van der Waals surface area contributed by atoms with Crippen molar-refractivity contribution < 1.29 is 60.1 Å². The third kappa shape index (κ3) is 10.8. The average Bonchev–Trinajstić information content (AvgIpc) is 4.48. The van der Waals surface area contributed by atoms with Crippen molar-refractivity contribution in [2.75, 3.05) is 64.4 Å². The number of aromatic nitrogens is 4. The van der Waals surface area contributed by atoms with Crippen LogP contribution in [0.2, 0.25) is 0 Å². The Morgan fingerprint density at radius 3 is 1.45 bits per heavy atom. The molecule has 8 atom stereocenters. The van der Waals surface area contributed by atoms with Gasteiger partial charge in [-0.15, -0.1) is 0 Å². The number of nitrogens with one attached hydrogen (secondary N) is 4. The van der Waals surface area contributed by atoms with Gasteiger partial charge in [0.15, 0.2) is 11.6 Å². The Morgan fingerprint density at radius 2 is 1.02 bits per heavy atom. The van der Waals surface area contributed by atoms with Crippen molar-refractivity contribution in [3.63, 3.8) is 0 Å². The minimum atomic E-state index is -1.08. The number of imidazole rings is 2. The monoisotopic (exact) mass is 1110 g/mol. The lowest BCUT2D eigenvalue weighted by Crippen LogP contribution is -2.54. The van der Waals surface area contributed by atoms with Gasteiger partial charge in [-0.25, -0.2) is 41.5 Å². The summed E-state index contributed by atoms with van der Waals surface area (Å²) in [6, 6.07) is 9.30. The van der Waals surface area contributed by atoms with Gasteiger partial charge < -0.3 is 59.1 Å². The van der Waals surface area contributed by atoms with Crippen molar-refractivity contribution >= 4 is 57.4 Å². The summed E-state index contributed by atoms with van der Waals surface area (Å²) in [6.07, 6.45) is 0.794. The smallest absolute Gasteiger partial charge is 0.407 e. The minimum Gasteiger partial charge on any atom is -0.453 e. The van der Waals surface area contributed by atoms with E-state index in [1.165, 1.54) is 64.8 Å². The topological polar surface area (TPSA) is 200 Å². The van der Waals surface area contributed by atoms with Crippen LogP contribution in [0.5, 0.6) is 0 Å². The van der Waals surface area contributed by atoms with Crippen molar-refractivity contribution in [1.29, 1.82) is 0 Å². The first-order valence-corrected chi connectivity index (χ1v) is 27.0. The van der Waals surface area contributed by atoms with Gasteiger partial charge >= 0.3 is 12.2 Å². The number of hydrogen-bond donors (Lipinski definition) is 4. The number of fused-ring (bicyclic) bond motifs is 2. The molecule has 1 unspecified atom stereocenters. The number of nitrogens with zero attached hydrogens (tertiary/aromatic N) is 6. The molecule has 2 aromatic heterocycles. The Kier molecular flexibility index (Phi) is 16.2. The van der Waals surface area contributed by atoms with Crippen LogP contribution in [-0.4, -0.2) is 133 Å². The maximum Gasteiger partial charge on any atom is 0.407 e. The molecule has 4 saturated heterocycles. The zero-order valence-corrected chi connectivity index (χ0v) is 45.3. The van der Waals surface area contributed by atoms with Crippen LogP contribution in [0.3, 0.4) is 0 Å². The molecule has 23 heteroatoms. The lowest BCUT2D eigenvalue weighted by Gasteiger charge is -2.36. The van der Waals surface area contributed by atoms with Crippen molar-refractivity contribution in [2.24, 2.45) is 0 Å². The van der Waals surface area contributed by atoms with E-state index in [0.29, 0.717) is 87.4 Å². The summed E-state index contributed by atoms with van der Waals surface area (Å²) in [6.45, 7) is 4.64. The molecule has 4 aliphatic heterocycles. The summed E-state index contributed by atoms with van der Waals surface area (Å²) >= 11 is 0. The first kappa shape index (κ1) is 55.8. The summed E-state index contributed by atoms with van der Waals surface area (Å²) in [5.74, 6) is -3.41. The fraction of sp³-hybridized carbons (Fsp3) is 0.474. The van der Waals surface area contributed by atoms with Crippen LogP contribution in [0.15, 0.2) is 60.7 Å². The number of anilines is 2. The predicted octanol–water partition coefficient (Wildman–Crippen LogP) is 9.45.